The third-order valence-electron chi connectivity index (χ3n) is 7.73. The van der Waals surface area contributed by atoms with E-state index in [1.54, 1.807) is 25.1 Å². The van der Waals surface area contributed by atoms with E-state index in [1.807, 2.05) is 30.3 Å². The third-order valence-corrected chi connectivity index (χ3v) is 7.73. The van der Waals surface area contributed by atoms with Crippen molar-refractivity contribution < 1.29 is 9.90 Å². The molecule has 3 aliphatic rings. The van der Waals surface area contributed by atoms with Crippen molar-refractivity contribution in [1.82, 2.24) is 14.7 Å². The Morgan fingerprint density at radius 3 is 2.22 bits per heavy atom. The Morgan fingerprint density at radius 2 is 1.66 bits per heavy atom. The van der Waals surface area contributed by atoms with Crippen molar-refractivity contribution in [3.05, 3.63) is 77.9 Å². The Hall–Kier alpha value is -2.63. The molecule has 4 unspecified atom stereocenters. The van der Waals surface area contributed by atoms with E-state index >= 15 is 0 Å². The molecule has 5 atom stereocenters. The Labute approximate surface area is 190 Å². The maximum Gasteiger partial charge on any atom is 0.253 e. The van der Waals surface area contributed by atoms with Crippen molar-refractivity contribution in [2.24, 2.45) is 0 Å². The van der Waals surface area contributed by atoms with Crippen LogP contribution in [0.25, 0.3) is 0 Å². The summed E-state index contributed by atoms with van der Waals surface area (Å²) in [7, 11) is 3.56. The highest BCUT2D eigenvalue weighted by Crippen LogP contribution is 2.50. The number of hydrogen-bond acceptors (Lipinski definition) is 4. The van der Waals surface area contributed by atoms with Crippen LogP contribution in [-0.4, -0.2) is 70.5 Å². The van der Waals surface area contributed by atoms with Gasteiger partial charge in [0, 0.05) is 50.4 Å². The Balaban J connectivity index is 1.55. The summed E-state index contributed by atoms with van der Waals surface area (Å²) in [6.07, 6.45) is 6.98. The second kappa shape index (κ2) is 8.38. The number of rotatable bonds is 6. The molecule has 32 heavy (non-hydrogen) atoms. The fraction of sp³-hybridized carbons (Fsp3) is 0.444. The number of hydrogen-bond donors (Lipinski definition) is 1. The van der Waals surface area contributed by atoms with Gasteiger partial charge in [-0.3, -0.25) is 14.6 Å². The normalized spacial score (nSPS) is 27.9. The van der Waals surface area contributed by atoms with E-state index in [4.69, 9.17) is 0 Å². The lowest BCUT2D eigenvalue weighted by molar-refractivity contribution is -0.00329. The van der Waals surface area contributed by atoms with Crippen LogP contribution in [0.5, 0.6) is 5.75 Å². The lowest BCUT2D eigenvalue weighted by atomic mass is 9.91. The first kappa shape index (κ1) is 21.2. The molecule has 0 aromatic heterocycles. The Morgan fingerprint density at radius 1 is 1.03 bits per heavy atom. The summed E-state index contributed by atoms with van der Waals surface area (Å²) in [5.41, 5.74) is 3.00. The van der Waals surface area contributed by atoms with Crippen LogP contribution < -0.4 is 0 Å². The molecular formula is C27H33N3O2. The minimum absolute atomic E-state index is 0.0154. The van der Waals surface area contributed by atoms with Crippen LogP contribution in [0.3, 0.4) is 0 Å². The molecule has 0 saturated carbocycles. The summed E-state index contributed by atoms with van der Waals surface area (Å²) < 4.78 is 0. The van der Waals surface area contributed by atoms with Gasteiger partial charge < -0.3 is 10.0 Å². The number of carbonyl (C=O) groups excluding carboxylic acids is 1. The van der Waals surface area contributed by atoms with Gasteiger partial charge in [0.05, 0.1) is 6.04 Å². The minimum atomic E-state index is 0.0154. The van der Waals surface area contributed by atoms with E-state index in [-0.39, 0.29) is 11.9 Å². The zero-order valence-electron chi connectivity index (χ0n) is 19.0. The second-order valence-corrected chi connectivity index (χ2v) is 9.68. The Kier molecular flexibility index (Phi) is 5.56. The Bertz CT molecular complexity index is 982. The molecule has 3 fully saturated rings. The number of carbonyl (C=O) groups is 1. The molecule has 5 nitrogen and oxygen atoms in total. The topological polar surface area (TPSA) is 47.0 Å². The van der Waals surface area contributed by atoms with Crippen molar-refractivity contribution in [3.63, 3.8) is 0 Å². The number of amides is 1. The van der Waals surface area contributed by atoms with Crippen LogP contribution in [0.1, 0.15) is 53.2 Å². The number of fused-ring (bicyclic) bond motifs is 6. The molecule has 1 N–H and O–H groups in total. The molecular weight excluding hydrogens is 398 g/mol. The number of aromatic hydroxyl groups is 1. The third kappa shape index (κ3) is 3.44. The van der Waals surface area contributed by atoms with E-state index in [1.165, 1.54) is 31.2 Å². The van der Waals surface area contributed by atoms with Crippen LogP contribution in [0, 0.1) is 0 Å². The number of phenolic OH excluding ortho intramolecular Hbond substituents is 1. The van der Waals surface area contributed by atoms with Gasteiger partial charge in [0.1, 0.15) is 5.75 Å². The van der Waals surface area contributed by atoms with E-state index in [2.05, 4.69) is 34.6 Å². The lowest BCUT2D eigenvalue weighted by Gasteiger charge is -2.50. The van der Waals surface area contributed by atoms with Crippen molar-refractivity contribution in [1.29, 1.82) is 0 Å². The van der Waals surface area contributed by atoms with E-state index < -0.39 is 0 Å². The highest BCUT2D eigenvalue weighted by Gasteiger charge is 2.56. The van der Waals surface area contributed by atoms with Gasteiger partial charge in [-0.1, -0.05) is 30.3 Å². The monoisotopic (exact) mass is 431 g/mol. The predicted molar refractivity (Wildman–Crippen MR) is 127 cm³/mol. The predicted octanol–water partition coefficient (Wildman–Crippen LogP) is 4.05. The van der Waals surface area contributed by atoms with Crippen LogP contribution in [0.15, 0.2) is 61.2 Å². The van der Waals surface area contributed by atoms with Crippen molar-refractivity contribution in [2.45, 2.75) is 55.9 Å². The van der Waals surface area contributed by atoms with Crippen molar-refractivity contribution in [3.8, 4) is 5.75 Å². The lowest BCUT2D eigenvalue weighted by Crippen LogP contribution is -2.60. The number of benzene rings is 2. The highest BCUT2D eigenvalue weighted by atomic mass is 16.3. The molecule has 3 aliphatic heterocycles. The fourth-order valence-electron chi connectivity index (χ4n) is 6.51. The van der Waals surface area contributed by atoms with Crippen LogP contribution in [0.2, 0.25) is 0 Å². The average Bonchev–Trinajstić information content (AvgIpc) is 3.29. The summed E-state index contributed by atoms with van der Waals surface area (Å²) in [5.74, 6) is 0.314. The van der Waals surface area contributed by atoms with E-state index in [0.717, 1.165) is 12.1 Å². The van der Waals surface area contributed by atoms with Crippen LogP contribution >= 0.6 is 0 Å². The number of piperazine rings is 1. The molecule has 0 radical (unpaired) electrons. The molecule has 0 spiro atoms. The van der Waals surface area contributed by atoms with Crippen LogP contribution in [0.4, 0.5) is 0 Å². The summed E-state index contributed by atoms with van der Waals surface area (Å²) in [6, 6.07) is 18.0. The smallest absolute Gasteiger partial charge is 0.253 e. The van der Waals surface area contributed by atoms with Gasteiger partial charge in [0.15, 0.2) is 0 Å². The molecule has 3 heterocycles. The summed E-state index contributed by atoms with van der Waals surface area (Å²) >= 11 is 0. The van der Waals surface area contributed by atoms with Crippen molar-refractivity contribution in [2.75, 3.05) is 20.6 Å². The summed E-state index contributed by atoms with van der Waals surface area (Å²) in [6.45, 7) is 4.97. The largest absolute Gasteiger partial charge is 0.508 e. The molecule has 5 rings (SSSR count). The fourth-order valence-corrected chi connectivity index (χ4v) is 6.51. The maximum absolute atomic E-state index is 12.4. The van der Waals surface area contributed by atoms with Gasteiger partial charge in [0.2, 0.25) is 0 Å². The molecule has 0 aliphatic carbocycles. The summed E-state index contributed by atoms with van der Waals surface area (Å²) in [4.78, 5) is 19.4. The highest BCUT2D eigenvalue weighted by molar-refractivity contribution is 5.93. The first-order valence-corrected chi connectivity index (χ1v) is 11.7. The standard InChI is InChI=1S/C27H33N3O2/c1-4-16-29-22-12-13-23(29)25-15-14-24(22)30(25)26(20-6-5-7-21(31)17-20)18-8-10-19(11-9-18)27(32)28(2)3/h4-11,17,22-26,31H,1,12-16H2,2-3H3/t22?,23?,24-,25?,26?/m1/s1. The molecule has 1 amide bonds. The van der Waals surface area contributed by atoms with E-state index in [9.17, 15) is 9.90 Å². The molecule has 2 aromatic carbocycles. The van der Waals surface area contributed by atoms with Gasteiger partial charge in [-0.2, -0.15) is 0 Å². The molecule has 5 heteroatoms. The SMILES string of the molecule is C=CCN1C2CCC1[C@H]1CCC2N1C(c1ccc(C(=O)N(C)C)cc1)c1cccc(O)c1. The summed E-state index contributed by atoms with van der Waals surface area (Å²) in [5, 5.41) is 10.3. The average molecular weight is 432 g/mol. The van der Waals surface area contributed by atoms with Gasteiger partial charge in [-0.25, -0.2) is 0 Å². The number of phenols is 1. The van der Waals surface area contributed by atoms with Gasteiger partial charge >= 0.3 is 0 Å². The van der Waals surface area contributed by atoms with Gasteiger partial charge in [-0.05, 0) is 61.1 Å². The van der Waals surface area contributed by atoms with Gasteiger partial charge in [0.25, 0.3) is 5.91 Å². The second-order valence-electron chi connectivity index (χ2n) is 9.68. The zero-order valence-corrected chi connectivity index (χ0v) is 19.0. The van der Waals surface area contributed by atoms with E-state index in [0.29, 0.717) is 35.5 Å². The first-order chi connectivity index (χ1) is 15.5. The first-order valence-electron chi connectivity index (χ1n) is 11.7. The van der Waals surface area contributed by atoms with Crippen LogP contribution in [-0.2, 0) is 0 Å². The zero-order chi connectivity index (χ0) is 22.4. The van der Waals surface area contributed by atoms with Gasteiger partial charge in [-0.15, -0.1) is 6.58 Å². The minimum Gasteiger partial charge on any atom is -0.508 e. The molecule has 2 aromatic rings. The van der Waals surface area contributed by atoms with Crippen molar-refractivity contribution >= 4 is 5.91 Å². The molecule has 168 valence electrons. The molecule has 4 bridgehead atoms. The number of nitrogens with zero attached hydrogens (tertiary/aromatic N) is 3. The maximum atomic E-state index is 12.4. The quantitative estimate of drug-likeness (QED) is 0.701. The molecule has 3 saturated heterocycles.